The maximum atomic E-state index is 6.10. The lowest BCUT2D eigenvalue weighted by Gasteiger charge is -2.38. The lowest BCUT2D eigenvalue weighted by molar-refractivity contribution is -0.0643. The maximum Gasteiger partial charge on any atom is 0.137 e. The minimum absolute atomic E-state index is 0.152. The van der Waals surface area contributed by atoms with Crippen molar-refractivity contribution >= 4 is 0 Å². The number of methoxy groups -OCH3 is 1. The highest BCUT2D eigenvalue weighted by atomic mass is 16.5. The van der Waals surface area contributed by atoms with Crippen molar-refractivity contribution in [3.8, 4) is 5.75 Å². The molecule has 2 fully saturated rings. The van der Waals surface area contributed by atoms with Gasteiger partial charge in [-0.15, -0.1) is 0 Å². The highest BCUT2D eigenvalue weighted by Crippen LogP contribution is 2.29. The first-order valence-electron chi connectivity index (χ1n) is 7.33. The van der Waals surface area contributed by atoms with E-state index in [4.69, 9.17) is 9.47 Å². The average molecular weight is 277 g/mol. The Morgan fingerprint density at radius 1 is 1.50 bits per heavy atom. The van der Waals surface area contributed by atoms with Crippen LogP contribution in [0.4, 0.5) is 0 Å². The standard InChI is InChI=1S/C15H23N3O2/c1-16-15(11-6-13(19-2)8-17-7-11)14-9-18-5-3-4-12(18)10-20-14/h6-8,12,14-16H,3-5,9-10H2,1-2H3. The fraction of sp³-hybridized carbons (Fsp3) is 0.667. The van der Waals surface area contributed by atoms with E-state index in [-0.39, 0.29) is 12.1 Å². The second-order valence-corrected chi connectivity index (χ2v) is 5.59. The number of pyridine rings is 1. The predicted octanol–water partition coefficient (Wildman–Crippen LogP) is 1.21. The number of hydrogen-bond acceptors (Lipinski definition) is 5. The number of fused-ring (bicyclic) bond motifs is 1. The van der Waals surface area contributed by atoms with Crippen LogP contribution in [0.1, 0.15) is 24.4 Å². The monoisotopic (exact) mass is 277 g/mol. The first kappa shape index (κ1) is 13.8. The third-order valence-electron chi connectivity index (χ3n) is 4.43. The first-order chi connectivity index (χ1) is 9.81. The van der Waals surface area contributed by atoms with Gasteiger partial charge in [0.25, 0.3) is 0 Å². The van der Waals surface area contributed by atoms with Crippen LogP contribution >= 0.6 is 0 Å². The van der Waals surface area contributed by atoms with Crippen LogP contribution in [0.3, 0.4) is 0 Å². The second kappa shape index (κ2) is 6.08. The molecule has 0 radical (unpaired) electrons. The Morgan fingerprint density at radius 2 is 2.40 bits per heavy atom. The molecule has 5 nitrogen and oxygen atoms in total. The molecular weight excluding hydrogens is 254 g/mol. The van der Waals surface area contributed by atoms with Gasteiger partial charge in [-0.05, 0) is 38.1 Å². The average Bonchev–Trinajstić information content (AvgIpc) is 2.96. The van der Waals surface area contributed by atoms with E-state index in [0.29, 0.717) is 6.04 Å². The van der Waals surface area contributed by atoms with Gasteiger partial charge < -0.3 is 14.8 Å². The van der Waals surface area contributed by atoms with Gasteiger partial charge in [-0.2, -0.15) is 0 Å². The summed E-state index contributed by atoms with van der Waals surface area (Å²) >= 11 is 0. The number of morpholine rings is 1. The van der Waals surface area contributed by atoms with E-state index in [0.717, 1.165) is 24.5 Å². The Kier molecular flexibility index (Phi) is 4.19. The third-order valence-corrected chi connectivity index (χ3v) is 4.43. The summed E-state index contributed by atoms with van der Waals surface area (Å²) in [6.45, 7) is 3.05. The van der Waals surface area contributed by atoms with Crippen LogP contribution in [0, 0.1) is 0 Å². The van der Waals surface area contributed by atoms with E-state index < -0.39 is 0 Å². The smallest absolute Gasteiger partial charge is 0.137 e. The Labute approximate surface area is 120 Å². The summed E-state index contributed by atoms with van der Waals surface area (Å²) in [5.41, 5.74) is 1.12. The zero-order valence-corrected chi connectivity index (χ0v) is 12.2. The molecule has 1 aromatic rings. The fourth-order valence-electron chi connectivity index (χ4n) is 3.33. The molecular formula is C15H23N3O2. The number of rotatable bonds is 4. The van der Waals surface area contributed by atoms with E-state index >= 15 is 0 Å². The Balaban J connectivity index is 1.75. The highest BCUT2D eigenvalue weighted by Gasteiger charge is 2.36. The summed E-state index contributed by atoms with van der Waals surface area (Å²) < 4.78 is 11.4. The molecule has 0 spiro atoms. The van der Waals surface area contributed by atoms with Crippen LogP contribution in [-0.4, -0.2) is 55.9 Å². The molecule has 0 aliphatic carbocycles. The Bertz CT molecular complexity index is 454. The van der Waals surface area contributed by atoms with Crippen molar-refractivity contribution in [3.63, 3.8) is 0 Å². The SMILES string of the molecule is CNC(c1cncc(OC)c1)C1CN2CCCC2CO1. The molecule has 2 aliphatic rings. The molecule has 5 heteroatoms. The van der Waals surface area contributed by atoms with Gasteiger partial charge in [0.05, 0.1) is 32.1 Å². The summed E-state index contributed by atoms with van der Waals surface area (Å²) in [6.07, 6.45) is 6.37. The number of aromatic nitrogens is 1. The van der Waals surface area contributed by atoms with Crippen molar-refractivity contribution in [2.24, 2.45) is 0 Å². The zero-order valence-electron chi connectivity index (χ0n) is 12.2. The lowest BCUT2D eigenvalue weighted by atomic mass is 10.0. The van der Waals surface area contributed by atoms with Crippen molar-refractivity contribution < 1.29 is 9.47 Å². The van der Waals surface area contributed by atoms with Crippen LogP contribution in [0.15, 0.2) is 18.5 Å². The highest BCUT2D eigenvalue weighted by molar-refractivity contribution is 5.27. The molecule has 0 amide bonds. The molecule has 2 saturated heterocycles. The molecule has 0 bridgehead atoms. The Morgan fingerprint density at radius 3 is 3.20 bits per heavy atom. The summed E-state index contributed by atoms with van der Waals surface area (Å²) in [5.74, 6) is 0.789. The summed E-state index contributed by atoms with van der Waals surface area (Å²) in [6, 6.07) is 2.82. The molecule has 1 aromatic heterocycles. The number of ether oxygens (including phenoxy) is 2. The number of nitrogens with one attached hydrogen (secondary N) is 1. The van der Waals surface area contributed by atoms with Gasteiger partial charge in [-0.3, -0.25) is 9.88 Å². The van der Waals surface area contributed by atoms with Crippen molar-refractivity contribution in [1.82, 2.24) is 15.2 Å². The van der Waals surface area contributed by atoms with Crippen LogP contribution in [0.2, 0.25) is 0 Å². The van der Waals surface area contributed by atoms with E-state index in [1.165, 1.54) is 19.4 Å². The Hall–Kier alpha value is -1.17. The van der Waals surface area contributed by atoms with E-state index in [1.807, 2.05) is 19.3 Å². The molecule has 3 heterocycles. The molecule has 3 atom stereocenters. The van der Waals surface area contributed by atoms with Gasteiger partial charge in [0.2, 0.25) is 0 Å². The zero-order chi connectivity index (χ0) is 13.9. The van der Waals surface area contributed by atoms with Crippen LogP contribution in [0.25, 0.3) is 0 Å². The number of likely N-dealkylation sites (N-methyl/N-ethyl adjacent to an activating group) is 1. The quantitative estimate of drug-likeness (QED) is 0.896. The maximum absolute atomic E-state index is 6.10. The first-order valence-corrected chi connectivity index (χ1v) is 7.33. The second-order valence-electron chi connectivity index (χ2n) is 5.59. The van der Waals surface area contributed by atoms with Gasteiger partial charge in [0.1, 0.15) is 5.75 Å². The molecule has 1 N–H and O–H groups in total. The number of hydrogen-bond donors (Lipinski definition) is 1. The molecule has 2 aliphatic heterocycles. The largest absolute Gasteiger partial charge is 0.495 e. The molecule has 20 heavy (non-hydrogen) atoms. The van der Waals surface area contributed by atoms with Gasteiger partial charge in [-0.1, -0.05) is 0 Å². The van der Waals surface area contributed by atoms with Gasteiger partial charge in [-0.25, -0.2) is 0 Å². The van der Waals surface area contributed by atoms with Crippen molar-refractivity contribution in [3.05, 3.63) is 24.0 Å². The number of nitrogens with zero attached hydrogens (tertiary/aromatic N) is 2. The molecule has 3 unspecified atom stereocenters. The molecule has 0 saturated carbocycles. The summed E-state index contributed by atoms with van der Waals surface area (Å²) in [5, 5.41) is 3.37. The molecule has 0 aromatic carbocycles. The third kappa shape index (κ3) is 2.66. The van der Waals surface area contributed by atoms with E-state index in [1.54, 1.807) is 13.3 Å². The molecule has 3 rings (SSSR count). The van der Waals surface area contributed by atoms with Gasteiger partial charge in [0.15, 0.2) is 0 Å². The van der Waals surface area contributed by atoms with Crippen LogP contribution in [0.5, 0.6) is 5.75 Å². The van der Waals surface area contributed by atoms with Crippen molar-refractivity contribution in [1.29, 1.82) is 0 Å². The molecule has 110 valence electrons. The van der Waals surface area contributed by atoms with Gasteiger partial charge >= 0.3 is 0 Å². The van der Waals surface area contributed by atoms with Crippen LogP contribution in [-0.2, 0) is 4.74 Å². The fourth-order valence-corrected chi connectivity index (χ4v) is 3.33. The van der Waals surface area contributed by atoms with E-state index in [9.17, 15) is 0 Å². The van der Waals surface area contributed by atoms with Crippen LogP contribution < -0.4 is 10.1 Å². The minimum atomic E-state index is 0.152. The van der Waals surface area contributed by atoms with E-state index in [2.05, 4.69) is 15.2 Å². The normalized spacial score (nSPS) is 28.1. The summed E-state index contributed by atoms with van der Waals surface area (Å²) in [7, 11) is 3.64. The minimum Gasteiger partial charge on any atom is -0.495 e. The van der Waals surface area contributed by atoms with Crippen molar-refractivity contribution in [2.45, 2.75) is 31.0 Å². The lowest BCUT2D eigenvalue weighted by Crippen LogP contribution is -2.50. The predicted molar refractivity (Wildman–Crippen MR) is 76.9 cm³/mol. The van der Waals surface area contributed by atoms with Gasteiger partial charge in [0, 0.05) is 18.8 Å². The summed E-state index contributed by atoms with van der Waals surface area (Å²) in [4.78, 5) is 6.81. The van der Waals surface area contributed by atoms with Crippen molar-refractivity contribution in [2.75, 3.05) is 33.9 Å². The topological polar surface area (TPSA) is 46.6 Å².